The van der Waals surface area contributed by atoms with Crippen LogP contribution in [0.2, 0.25) is 0 Å². The summed E-state index contributed by atoms with van der Waals surface area (Å²) < 4.78 is 17.3. The second kappa shape index (κ2) is 17.5. The van der Waals surface area contributed by atoms with Crippen LogP contribution in [0, 0.1) is 5.92 Å². The van der Waals surface area contributed by atoms with Crippen LogP contribution in [0.15, 0.2) is 72.9 Å². The highest BCUT2D eigenvalue weighted by Crippen LogP contribution is 2.25. The van der Waals surface area contributed by atoms with Crippen LogP contribution in [0.3, 0.4) is 0 Å². The van der Waals surface area contributed by atoms with E-state index in [0.29, 0.717) is 18.7 Å². The van der Waals surface area contributed by atoms with Crippen LogP contribution < -0.4 is 26.2 Å². The molecule has 0 unspecified atom stereocenters. The van der Waals surface area contributed by atoms with E-state index in [1.165, 1.54) is 0 Å². The molecule has 2 heterocycles. The third-order valence-electron chi connectivity index (χ3n) is 8.84. The molecule has 0 fully saturated rings. The summed E-state index contributed by atoms with van der Waals surface area (Å²) in [5, 5.41) is 9.40. The van der Waals surface area contributed by atoms with Gasteiger partial charge in [0.1, 0.15) is 36.1 Å². The number of aromatic nitrogens is 1. The molecule has 11 nitrogen and oxygen atoms in total. The van der Waals surface area contributed by atoms with E-state index < -0.39 is 47.6 Å². The molecule has 0 saturated carbocycles. The number of H-pyrrole nitrogens is 1. The lowest BCUT2D eigenvalue weighted by Crippen LogP contribution is -2.57. The summed E-state index contributed by atoms with van der Waals surface area (Å²) in [6.07, 6.45) is 2.15. The summed E-state index contributed by atoms with van der Waals surface area (Å²) in [7, 11) is 2.10. The van der Waals surface area contributed by atoms with Crippen molar-refractivity contribution in [3.63, 3.8) is 0 Å². The van der Waals surface area contributed by atoms with Gasteiger partial charge in [-0.15, -0.1) is 0 Å². The van der Waals surface area contributed by atoms with E-state index >= 15 is 0 Å². The lowest BCUT2D eigenvalue weighted by Gasteiger charge is -2.27. The standard InChI is InChI=1S/C41H50BN4O7/c1-7-51-39(49)34-21-29-23-43-36-30(29)14-11-15-31(36)42-22-28-19-27(16-17-35(28)52-24-26-12-9-8-10-13-26)20-33(46-40(50)53-41(4,5)6)38(48)44-32(18-25(2)3)37(47)45-34/h8-17,19,23,25,32-34,43H,7,18,20-22,24H2,1-6H3,(H,44,48)(H,45,47)(H,46,50)/t32-,33-,34-/m0/s1. The Balaban J connectivity index is 1.57. The van der Waals surface area contributed by atoms with Gasteiger partial charge in [0.2, 0.25) is 11.8 Å². The fourth-order valence-corrected chi connectivity index (χ4v) is 6.39. The van der Waals surface area contributed by atoms with Crippen LogP contribution in [0.5, 0.6) is 5.75 Å². The first-order chi connectivity index (χ1) is 25.3. The number of alkyl carbamates (subject to hydrolysis) is 1. The number of aromatic amines is 1. The predicted molar refractivity (Wildman–Crippen MR) is 205 cm³/mol. The molecule has 5 rings (SSSR count). The van der Waals surface area contributed by atoms with Crippen molar-refractivity contribution in [3.8, 4) is 5.75 Å². The van der Waals surface area contributed by atoms with Gasteiger partial charge in [0.25, 0.3) is 0 Å². The van der Waals surface area contributed by atoms with Crippen molar-refractivity contribution in [1.82, 2.24) is 20.9 Å². The summed E-state index contributed by atoms with van der Waals surface area (Å²) in [5.74, 6) is -0.970. The van der Waals surface area contributed by atoms with E-state index in [0.717, 1.165) is 38.6 Å². The molecule has 6 bridgehead atoms. The van der Waals surface area contributed by atoms with Crippen molar-refractivity contribution >= 4 is 47.5 Å². The van der Waals surface area contributed by atoms with E-state index in [1.807, 2.05) is 86.8 Å². The predicted octanol–water partition coefficient (Wildman–Crippen LogP) is 4.85. The lowest BCUT2D eigenvalue weighted by atomic mass is 9.64. The summed E-state index contributed by atoms with van der Waals surface area (Å²) in [6.45, 7) is 11.3. The van der Waals surface area contributed by atoms with Gasteiger partial charge >= 0.3 is 12.1 Å². The molecule has 1 aliphatic heterocycles. The fourth-order valence-electron chi connectivity index (χ4n) is 6.39. The quantitative estimate of drug-likeness (QED) is 0.150. The number of benzene rings is 3. The summed E-state index contributed by atoms with van der Waals surface area (Å²) in [6, 6.07) is 18.5. The highest BCUT2D eigenvalue weighted by Gasteiger charge is 2.32. The third kappa shape index (κ3) is 10.9. The number of amides is 3. The summed E-state index contributed by atoms with van der Waals surface area (Å²) >= 11 is 0. The largest absolute Gasteiger partial charge is 0.489 e. The number of hydrogen-bond donors (Lipinski definition) is 4. The van der Waals surface area contributed by atoms with Gasteiger partial charge in [-0.2, -0.15) is 0 Å². The Kier molecular flexibility index (Phi) is 12.9. The molecule has 1 radical (unpaired) electrons. The van der Waals surface area contributed by atoms with Crippen molar-refractivity contribution in [2.24, 2.45) is 5.92 Å². The van der Waals surface area contributed by atoms with Crippen molar-refractivity contribution in [2.45, 2.75) is 97.5 Å². The maximum atomic E-state index is 14.1. The normalized spacial score (nSPS) is 18.3. The Labute approximate surface area is 312 Å². The Morgan fingerprint density at radius 1 is 0.943 bits per heavy atom. The highest BCUT2D eigenvalue weighted by atomic mass is 16.6. The number of esters is 1. The van der Waals surface area contributed by atoms with Gasteiger partial charge in [-0.3, -0.25) is 9.59 Å². The van der Waals surface area contributed by atoms with Gasteiger partial charge < -0.3 is 35.1 Å². The molecule has 12 heteroatoms. The topological polar surface area (TPSA) is 148 Å². The van der Waals surface area contributed by atoms with Gasteiger partial charge in [-0.05, 0) is 74.7 Å². The molecule has 53 heavy (non-hydrogen) atoms. The first-order valence-electron chi connectivity index (χ1n) is 18.3. The minimum Gasteiger partial charge on any atom is -0.489 e. The maximum Gasteiger partial charge on any atom is 0.408 e. The molecule has 3 amide bonds. The molecule has 4 aromatic rings. The van der Waals surface area contributed by atoms with Gasteiger partial charge in [0, 0.05) is 29.9 Å². The number of nitrogens with one attached hydrogen (secondary N) is 4. The van der Waals surface area contributed by atoms with E-state index in [2.05, 4.69) is 28.2 Å². The number of hydrogen-bond acceptors (Lipinski definition) is 7. The minimum atomic E-state index is -1.09. The van der Waals surface area contributed by atoms with Gasteiger partial charge in [-0.1, -0.05) is 80.0 Å². The molecule has 4 N–H and O–H groups in total. The van der Waals surface area contributed by atoms with Crippen LogP contribution in [0.1, 0.15) is 70.2 Å². The van der Waals surface area contributed by atoms with Crippen molar-refractivity contribution < 1.29 is 33.4 Å². The zero-order valence-corrected chi connectivity index (χ0v) is 31.4. The molecule has 279 valence electrons. The number of para-hydroxylation sites is 1. The molecule has 3 atom stereocenters. The molecule has 3 aromatic carbocycles. The van der Waals surface area contributed by atoms with Gasteiger partial charge in [-0.25, -0.2) is 9.59 Å². The van der Waals surface area contributed by atoms with Gasteiger partial charge in [0.05, 0.1) is 6.61 Å². The molecule has 0 aliphatic carbocycles. The summed E-state index contributed by atoms with van der Waals surface area (Å²) in [5.41, 5.74) is 4.55. The average Bonchev–Trinajstić information content (AvgIpc) is 3.51. The Morgan fingerprint density at radius 3 is 2.43 bits per heavy atom. The number of carbonyl (C=O) groups excluding carboxylic acids is 4. The minimum absolute atomic E-state index is 0.0106. The lowest BCUT2D eigenvalue weighted by molar-refractivity contribution is -0.147. The van der Waals surface area contributed by atoms with Crippen LogP contribution in [0.25, 0.3) is 10.9 Å². The van der Waals surface area contributed by atoms with Crippen LogP contribution >= 0.6 is 0 Å². The van der Waals surface area contributed by atoms with E-state index in [-0.39, 0.29) is 31.8 Å². The number of rotatable bonds is 8. The maximum absolute atomic E-state index is 14.1. The summed E-state index contributed by atoms with van der Waals surface area (Å²) in [4.78, 5) is 57.8. The first kappa shape index (κ1) is 39.0. The Hall–Kier alpha value is -5.26. The second-order valence-corrected chi connectivity index (χ2v) is 14.8. The van der Waals surface area contributed by atoms with Crippen LogP contribution in [-0.4, -0.2) is 66.5 Å². The van der Waals surface area contributed by atoms with E-state index in [4.69, 9.17) is 14.2 Å². The molecular formula is C41H50BN4O7. The monoisotopic (exact) mass is 721 g/mol. The van der Waals surface area contributed by atoms with Crippen molar-refractivity contribution in [3.05, 3.63) is 95.2 Å². The zero-order chi connectivity index (χ0) is 38.1. The fraction of sp³-hybridized carbons (Fsp3) is 0.415. The number of carbonyl (C=O) groups is 4. The molecule has 0 spiro atoms. The second-order valence-electron chi connectivity index (χ2n) is 14.8. The molecule has 0 saturated heterocycles. The van der Waals surface area contributed by atoms with Crippen LogP contribution in [0.4, 0.5) is 4.79 Å². The van der Waals surface area contributed by atoms with Crippen LogP contribution in [-0.2, 0) is 49.6 Å². The smallest absolute Gasteiger partial charge is 0.408 e. The number of fused-ring (bicyclic) bond motifs is 2. The highest BCUT2D eigenvalue weighted by molar-refractivity contribution is 6.56. The third-order valence-corrected chi connectivity index (χ3v) is 8.84. The molecular weight excluding hydrogens is 671 g/mol. The number of ether oxygens (including phenoxy) is 3. The first-order valence-corrected chi connectivity index (χ1v) is 18.3. The van der Waals surface area contributed by atoms with Crippen molar-refractivity contribution in [1.29, 1.82) is 0 Å². The van der Waals surface area contributed by atoms with E-state index in [9.17, 15) is 19.2 Å². The van der Waals surface area contributed by atoms with Gasteiger partial charge in [0.15, 0.2) is 7.28 Å². The van der Waals surface area contributed by atoms with E-state index in [1.54, 1.807) is 27.7 Å². The molecule has 1 aromatic heterocycles. The van der Waals surface area contributed by atoms with Crippen molar-refractivity contribution in [2.75, 3.05) is 6.61 Å². The molecule has 1 aliphatic rings. The Bertz CT molecular complexity index is 1900. The zero-order valence-electron chi connectivity index (χ0n) is 31.4. The Morgan fingerprint density at radius 2 is 1.72 bits per heavy atom. The SMILES string of the molecule is CCOC(=O)[C@@H]1Cc2c[nH]c3c(cccc23)[B]Cc2cc(ccc2OCc2ccccc2)C[C@H](NC(=O)OC(C)(C)C)C(=O)N[C@@H](CC(C)C)C(=O)N1. The average molecular weight is 722 g/mol.